The molecular formula is C9H11F2NO. The maximum absolute atomic E-state index is 13.1. The van der Waals surface area contributed by atoms with Gasteiger partial charge in [-0.3, -0.25) is 0 Å². The van der Waals surface area contributed by atoms with E-state index < -0.39 is 17.2 Å². The lowest BCUT2D eigenvalue weighted by Gasteiger charge is -2.21. The SMILES string of the molecule is CC(O)(CN)c1ccc(F)cc1F. The first-order valence-electron chi connectivity index (χ1n) is 3.85. The molecule has 0 aliphatic heterocycles. The Balaban J connectivity index is 3.16. The molecule has 0 heterocycles. The molecule has 3 N–H and O–H groups in total. The molecule has 0 saturated heterocycles. The summed E-state index contributed by atoms with van der Waals surface area (Å²) in [6.07, 6.45) is 0. The smallest absolute Gasteiger partial charge is 0.132 e. The highest BCUT2D eigenvalue weighted by Crippen LogP contribution is 2.22. The molecule has 1 atom stereocenters. The minimum Gasteiger partial charge on any atom is -0.384 e. The molecule has 0 bridgehead atoms. The van der Waals surface area contributed by atoms with E-state index in [1.807, 2.05) is 0 Å². The van der Waals surface area contributed by atoms with Gasteiger partial charge < -0.3 is 10.8 Å². The predicted octanol–water partition coefficient (Wildman–Crippen LogP) is 1.13. The summed E-state index contributed by atoms with van der Waals surface area (Å²) in [5, 5.41) is 9.58. The molecule has 0 radical (unpaired) electrons. The molecule has 1 rings (SSSR count). The van der Waals surface area contributed by atoms with Crippen molar-refractivity contribution in [3.05, 3.63) is 35.4 Å². The Labute approximate surface area is 75.0 Å². The second-order valence-corrected chi connectivity index (χ2v) is 3.10. The van der Waals surface area contributed by atoms with E-state index in [1.54, 1.807) is 0 Å². The van der Waals surface area contributed by atoms with Crippen LogP contribution in [-0.4, -0.2) is 11.7 Å². The number of hydrogen-bond donors (Lipinski definition) is 2. The molecule has 13 heavy (non-hydrogen) atoms. The number of rotatable bonds is 2. The molecule has 0 saturated carbocycles. The fraction of sp³-hybridized carbons (Fsp3) is 0.333. The van der Waals surface area contributed by atoms with Crippen molar-refractivity contribution in [1.82, 2.24) is 0 Å². The zero-order valence-electron chi connectivity index (χ0n) is 7.22. The van der Waals surface area contributed by atoms with Gasteiger partial charge >= 0.3 is 0 Å². The molecule has 0 fully saturated rings. The first kappa shape index (κ1) is 10.1. The molecule has 4 heteroatoms. The molecule has 72 valence electrons. The number of benzene rings is 1. The van der Waals surface area contributed by atoms with Gasteiger partial charge in [-0.05, 0) is 13.0 Å². The Bertz CT molecular complexity index is 312. The summed E-state index contributed by atoms with van der Waals surface area (Å²) in [4.78, 5) is 0. The Kier molecular flexibility index (Phi) is 2.63. The maximum Gasteiger partial charge on any atom is 0.132 e. The van der Waals surface area contributed by atoms with E-state index in [4.69, 9.17) is 5.73 Å². The number of nitrogens with two attached hydrogens (primary N) is 1. The van der Waals surface area contributed by atoms with E-state index in [1.165, 1.54) is 13.0 Å². The third kappa shape index (κ3) is 2.02. The van der Waals surface area contributed by atoms with Crippen LogP contribution in [-0.2, 0) is 5.60 Å². The summed E-state index contributed by atoms with van der Waals surface area (Å²) in [5.74, 6) is -1.45. The van der Waals surface area contributed by atoms with Crippen molar-refractivity contribution in [1.29, 1.82) is 0 Å². The van der Waals surface area contributed by atoms with Gasteiger partial charge in [-0.1, -0.05) is 6.07 Å². The standard InChI is InChI=1S/C9H11F2NO/c1-9(13,5-12)7-3-2-6(10)4-8(7)11/h2-4,13H,5,12H2,1H3. The van der Waals surface area contributed by atoms with E-state index in [2.05, 4.69) is 0 Å². The number of halogens is 2. The molecule has 2 nitrogen and oxygen atoms in total. The van der Waals surface area contributed by atoms with Crippen molar-refractivity contribution < 1.29 is 13.9 Å². The van der Waals surface area contributed by atoms with Crippen LogP contribution in [0.1, 0.15) is 12.5 Å². The fourth-order valence-electron chi connectivity index (χ4n) is 1.04. The van der Waals surface area contributed by atoms with Gasteiger partial charge in [-0.2, -0.15) is 0 Å². The number of hydrogen-bond acceptors (Lipinski definition) is 2. The molecule has 0 amide bonds. The van der Waals surface area contributed by atoms with Crippen molar-refractivity contribution in [3.63, 3.8) is 0 Å². The highest BCUT2D eigenvalue weighted by atomic mass is 19.1. The van der Waals surface area contributed by atoms with Crippen LogP contribution < -0.4 is 5.73 Å². The van der Waals surface area contributed by atoms with E-state index in [0.29, 0.717) is 0 Å². The van der Waals surface area contributed by atoms with Gasteiger partial charge in [0.25, 0.3) is 0 Å². The zero-order valence-corrected chi connectivity index (χ0v) is 7.22. The van der Waals surface area contributed by atoms with Crippen LogP contribution >= 0.6 is 0 Å². The third-order valence-corrected chi connectivity index (χ3v) is 1.91. The van der Waals surface area contributed by atoms with Crippen molar-refractivity contribution in [3.8, 4) is 0 Å². The summed E-state index contributed by atoms with van der Waals surface area (Å²) in [7, 11) is 0. The lowest BCUT2D eigenvalue weighted by Crippen LogP contribution is -2.32. The average molecular weight is 187 g/mol. The largest absolute Gasteiger partial charge is 0.384 e. The van der Waals surface area contributed by atoms with Crippen molar-refractivity contribution in [2.45, 2.75) is 12.5 Å². The van der Waals surface area contributed by atoms with Gasteiger partial charge in [-0.25, -0.2) is 8.78 Å². The lowest BCUT2D eigenvalue weighted by molar-refractivity contribution is 0.0628. The first-order chi connectivity index (χ1) is 5.97. The molecule has 0 spiro atoms. The Morgan fingerprint density at radius 1 is 1.46 bits per heavy atom. The fourth-order valence-corrected chi connectivity index (χ4v) is 1.04. The van der Waals surface area contributed by atoms with Crippen molar-refractivity contribution >= 4 is 0 Å². The molecule has 1 unspecified atom stereocenters. The van der Waals surface area contributed by atoms with E-state index in [-0.39, 0.29) is 12.1 Å². The molecular weight excluding hydrogens is 176 g/mol. The van der Waals surface area contributed by atoms with Crippen LogP contribution in [0.5, 0.6) is 0 Å². The van der Waals surface area contributed by atoms with E-state index in [0.717, 1.165) is 12.1 Å². The normalized spacial score (nSPS) is 15.5. The van der Waals surface area contributed by atoms with E-state index in [9.17, 15) is 13.9 Å². The maximum atomic E-state index is 13.1. The first-order valence-corrected chi connectivity index (χ1v) is 3.85. The Hall–Kier alpha value is -1.00. The summed E-state index contributed by atoms with van der Waals surface area (Å²) in [6.45, 7) is 1.26. The van der Waals surface area contributed by atoms with Crippen LogP contribution in [0, 0.1) is 11.6 Å². The minimum absolute atomic E-state index is 0.0106. The van der Waals surface area contributed by atoms with Crippen LogP contribution in [0.25, 0.3) is 0 Å². The van der Waals surface area contributed by atoms with E-state index >= 15 is 0 Å². The highest BCUT2D eigenvalue weighted by molar-refractivity contribution is 5.24. The third-order valence-electron chi connectivity index (χ3n) is 1.91. The highest BCUT2D eigenvalue weighted by Gasteiger charge is 2.24. The Morgan fingerprint density at radius 3 is 2.54 bits per heavy atom. The minimum atomic E-state index is -1.45. The Morgan fingerprint density at radius 2 is 2.08 bits per heavy atom. The average Bonchev–Trinajstić information content (AvgIpc) is 2.03. The molecule has 0 aliphatic carbocycles. The zero-order chi connectivity index (χ0) is 10.1. The van der Waals surface area contributed by atoms with Gasteiger partial charge in [0, 0.05) is 18.2 Å². The van der Waals surface area contributed by atoms with Crippen LogP contribution in [0.3, 0.4) is 0 Å². The van der Waals surface area contributed by atoms with Crippen LogP contribution in [0.2, 0.25) is 0 Å². The summed E-state index contributed by atoms with van der Waals surface area (Å²) >= 11 is 0. The molecule has 1 aromatic rings. The van der Waals surface area contributed by atoms with Gasteiger partial charge in [-0.15, -0.1) is 0 Å². The monoisotopic (exact) mass is 187 g/mol. The van der Waals surface area contributed by atoms with Crippen molar-refractivity contribution in [2.75, 3.05) is 6.54 Å². The molecule has 0 aromatic heterocycles. The second-order valence-electron chi connectivity index (χ2n) is 3.10. The summed E-state index contributed by atoms with van der Waals surface area (Å²) in [6, 6.07) is 3.00. The molecule has 1 aromatic carbocycles. The quantitative estimate of drug-likeness (QED) is 0.729. The lowest BCUT2D eigenvalue weighted by atomic mass is 9.96. The summed E-state index contributed by atoms with van der Waals surface area (Å²) < 4.78 is 25.6. The van der Waals surface area contributed by atoms with Gasteiger partial charge in [0.15, 0.2) is 0 Å². The van der Waals surface area contributed by atoms with Gasteiger partial charge in [0.1, 0.15) is 17.2 Å². The summed E-state index contributed by atoms with van der Waals surface area (Å²) in [5.41, 5.74) is 3.80. The van der Waals surface area contributed by atoms with Crippen LogP contribution in [0.15, 0.2) is 18.2 Å². The van der Waals surface area contributed by atoms with Gasteiger partial charge in [0.05, 0.1) is 0 Å². The number of aliphatic hydroxyl groups is 1. The molecule has 0 aliphatic rings. The second kappa shape index (κ2) is 3.40. The van der Waals surface area contributed by atoms with Gasteiger partial charge in [0.2, 0.25) is 0 Å². The predicted molar refractivity (Wildman–Crippen MR) is 45.0 cm³/mol. The van der Waals surface area contributed by atoms with Crippen LogP contribution in [0.4, 0.5) is 8.78 Å². The topological polar surface area (TPSA) is 46.2 Å². The van der Waals surface area contributed by atoms with Crippen molar-refractivity contribution in [2.24, 2.45) is 5.73 Å².